The minimum atomic E-state index is -0.912. The standard InChI is InChI=1S/3C7H6O2.Rh/c3*1-5-3-2-4-6(5)7(8)9;/h3*2-4H,1H2,(H,8,9);. The van der Waals surface area contributed by atoms with E-state index in [0.717, 1.165) is 0 Å². The molecular formula is C21H18O6Rh. The summed E-state index contributed by atoms with van der Waals surface area (Å²) in [5, 5.41) is 25.2. The Bertz CT molecular complexity index is 788. The summed E-state index contributed by atoms with van der Waals surface area (Å²) in [5.74, 6) is -2.74. The first kappa shape index (κ1) is 24.7. The molecule has 0 aliphatic heterocycles. The van der Waals surface area contributed by atoms with Gasteiger partial charge in [-0.05, 0) is 34.9 Å². The molecule has 7 heteroatoms. The molecule has 0 aromatic rings. The molecule has 0 aromatic carbocycles. The molecule has 0 atom stereocenters. The number of aliphatic carboxylic acids is 3. The Kier molecular flexibility index (Phi) is 10.1. The Morgan fingerprint density at radius 2 is 0.786 bits per heavy atom. The molecule has 0 amide bonds. The van der Waals surface area contributed by atoms with Crippen LogP contribution in [0.4, 0.5) is 0 Å². The van der Waals surface area contributed by atoms with Crippen LogP contribution in [0.25, 0.3) is 0 Å². The van der Waals surface area contributed by atoms with Crippen LogP contribution in [0.3, 0.4) is 0 Å². The third-order valence-corrected chi connectivity index (χ3v) is 3.41. The maximum atomic E-state index is 10.2. The Balaban J connectivity index is 0.000000384. The Labute approximate surface area is 175 Å². The van der Waals surface area contributed by atoms with E-state index >= 15 is 0 Å². The van der Waals surface area contributed by atoms with Gasteiger partial charge in [-0.1, -0.05) is 56.2 Å². The number of carboxylic acids is 3. The SMILES string of the molecule is C=C1C=CC=C1C(=O)O.C=C1C=CC=C1C(=O)O.C=C1C=CC=C1C(=O)O.[Rh]. The summed E-state index contributed by atoms with van der Waals surface area (Å²) < 4.78 is 0. The molecule has 3 rings (SSSR count). The van der Waals surface area contributed by atoms with Gasteiger partial charge in [-0.15, -0.1) is 0 Å². The maximum absolute atomic E-state index is 10.2. The van der Waals surface area contributed by atoms with Gasteiger partial charge in [-0.3, -0.25) is 0 Å². The van der Waals surface area contributed by atoms with E-state index in [2.05, 4.69) is 19.7 Å². The average molecular weight is 469 g/mol. The zero-order chi connectivity index (χ0) is 20.6. The smallest absolute Gasteiger partial charge is 0.336 e. The van der Waals surface area contributed by atoms with E-state index in [1.807, 2.05) is 0 Å². The molecule has 0 fully saturated rings. The first-order chi connectivity index (χ1) is 12.6. The van der Waals surface area contributed by atoms with Gasteiger partial charge in [-0.25, -0.2) is 14.4 Å². The second-order valence-corrected chi connectivity index (χ2v) is 5.31. The van der Waals surface area contributed by atoms with Gasteiger partial charge in [0.25, 0.3) is 0 Å². The van der Waals surface area contributed by atoms with Gasteiger partial charge in [0.1, 0.15) is 0 Å². The number of allylic oxidation sites excluding steroid dienone is 9. The molecule has 6 nitrogen and oxygen atoms in total. The summed E-state index contributed by atoms with van der Waals surface area (Å²) in [6, 6.07) is 0. The van der Waals surface area contributed by atoms with E-state index < -0.39 is 17.9 Å². The van der Waals surface area contributed by atoms with Crippen molar-refractivity contribution in [1.82, 2.24) is 0 Å². The molecule has 3 aliphatic carbocycles. The molecule has 1 radical (unpaired) electrons. The fraction of sp³-hybridized carbons (Fsp3) is 0. The van der Waals surface area contributed by atoms with Crippen LogP contribution in [0.2, 0.25) is 0 Å². The minimum absolute atomic E-state index is 0. The fourth-order valence-corrected chi connectivity index (χ4v) is 2.00. The van der Waals surface area contributed by atoms with Crippen molar-refractivity contribution in [2.45, 2.75) is 0 Å². The van der Waals surface area contributed by atoms with Crippen molar-refractivity contribution in [3.05, 3.63) is 108 Å². The Morgan fingerprint density at radius 1 is 0.571 bits per heavy atom. The fourth-order valence-electron chi connectivity index (χ4n) is 2.00. The van der Waals surface area contributed by atoms with Crippen LogP contribution in [0.15, 0.2) is 108 Å². The minimum Gasteiger partial charge on any atom is -0.478 e. The Hall–Kier alpha value is -3.31. The summed E-state index contributed by atoms with van der Waals surface area (Å²) in [6.07, 6.45) is 14.6. The van der Waals surface area contributed by atoms with Crippen molar-refractivity contribution in [1.29, 1.82) is 0 Å². The third kappa shape index (κ3) is 7.13. The molecule has 0 aromatic heterocycles. The van der Waals surface area contributed by atoms with Crippen LogP contribution in [-0.2, 0) is 33.9 Å². The summed E-state index contributed by atoms with van der Waals surface area (Å²) >= 11 is 0. The predicted octanol–water partition coefficient (Wildman–Crippen LogP) is 3.37. The van der Waals surface area contributed by atoms with Crippen LogP contribution in [0.1, 0.15) is 0 Å². The molecule has 28 heavy (non-hydrogen) atoms. The number of hydrogen-bond donors (Lipinski definition) is 3. The number of hydrogen-bond acceptors (Lipinski definition) is 3. The van der Waals surface area contributed by atoms with Crippen molar-refractivity contribution >= 4 is 17.9 Å². The zero-order valence-corrected chi connectivity index (χ0v) is 16.4. The molecular weight excluding hydrogens is 451 g/mol. The summed E-state index contributed by atoms with van der Waals surface area (Å²) in [5.41, 5.74) is 2.58. The van der Waals surface area contributed by atoms with E-state index in [9.17, 15) is 14.4 Å². The van der Waals surface area contributed by atoms with E-state index in [1.165, 1.54) is 18.2 Å². The van der Waals surface area contributed by atoms with Crippen LogP contribution in [0.5, 0.6) is 0 Å². The maximum Gasteiger partial charge on any atom is 0.336 e. The van der Waals surface area contributed by atoms with E-state index in [1.54, 1.807) is 36.5 Å². The molecule has 3 aliphatic rings. The van der Waals surface area contributed by atoms with Gasteiger partial charge < -0.3 is 15.3 Å². The van der Waals surface area contributed by atoms with Crippen molar-refractivity contribution in [2.24, 2.45) is 0 Å². The molecule has 0 bridgehead atoms. The first-order valence-electron chi connectivity index (χ1n) is 7.58. The van der Waals surface area contributed by atoms with Gasteiger partial charge in [0.05, 0.1) is 16.7 Å². The van der Waals surface area contributed by atoms with Gasteiger partial charge >= 0.3 is 17.9 Å². The van der Waals surface area contributed by atoms with Crippen molar-refractivity contribution in [3.63, 3.8) is 0 Å². The van der Waals surface area contributed by atoms with E-state index in [-0.39, 0.29) is 36.2 Å². The molecule has 0 unspecified atom stereocenters. The van der Waals surface area contributed by atoms with Gasteiger partial charge in [0.15, 0.2) is 0 Å². The molecule has 147 valence electrons. The second kappa shape index (κ2) is 11.4. The predicted molar refractivity (Wildman–Crippen MR) is 102 cm³/mol. The molecule has 0 saturated heterocycles. The molecule has 3 N–H and O–H groups in total. The van der Waals surface area contributed by atoms with Gasteiger partial charge in [0, 0.05) is 19.5 Å². The monoisotopic (exact) mass is 469 g/mol. The normalized spacial score (nSPS) is 15.4. The largest absolute Gasteiger partial charge is 0.478 e. The molecule has 0 spiro atoms. The quantitative estimate of drug-likeness (QED) is 0.547. The first-order valence-corrected chi connectivity index (χ1v) is 7.58. The van der Waals surface area contributed by atoms with Crippen molar-refractivity contribution < 1.29 is 49.2 Å². The molecule has 0 saturated carbocycles. The number of carboxylic acid groups (broad SMARTS) is 3. The zero-order valence-electron chi connectivity index (χ0n) is 14.7. The second-order valence-electron chi connectivity index (χ2n) is 5.31. The van der Waals surface area contributed by atoms with Crippen molar-refractivity contribution in [3.8, 4) is 0 Å². The average Bonchev–Trinajstić information content (AvgIpc) is 3.29. The van der Waals surface area contributed by atoms with E-state index in [4.69, 9.17) is 15.3 Å². The number of carbonyl (C=O) groups is 3. The summed E-state index contributed by atoms with van der Waals surface area (Å²) in [7, 11) is 0. The Morgan fingerprint density at radius 3 is 0.857 bits per heavy atom. The summed E-state index contributed by atoms with van der Waals surface area (Å²) in [6.45, 7) is 10.6. The van der Waals surface area contributed by atoms with Crippen LogP contribution >= 0.6 is 0 Å². The topological polar surface area (TPSA) is 112 Å². The third-order valence-electron chi connectivity index (χ3n) is 3.41. The summed E-state index contributed by atoms with van der Waals surface area (Å²) in [4.78, 5) is 30.7. The van der Waals surface area contributed by atoms with Crippen LogP contribution in [0, 0.1) is 0 Å². The van der Waals surface area contributed by atoms with E-state index in [0.29, 0.717) is 16.7 Å². The van der Waals surface area contributed by atoms with Gasteiger partial charge in [0.2, 0.25) is 0 Å². The van der Waals surface area contributed by atoms with Gasteiger partial charge in [-0.2, -0.15) is 0 Å². The molecule has 0 heterocycles. The number of rotatable bonds is 3. The van der Waals surface area contributed by atoms with Crippen LogP contribution < -0.4 is 0 Å². The van der Waals surface area contributed by atoms with Crippen LogP contribution in [-0.4, -0.2) is 33.2 Å². The van der Waals surface area contributed by atoms with Crippen molar-refractivity contribution in [2.75, 3.05) is 0 Å².